The summed E-state index contributed by atoms with van der Waals surface area (Å²) in [5.41, 5.74) is 0.781. The number of halogens is 3. The summed E-state index contributed by atoms with van der Waals surface area (Å²) < 4.78 is 30.2. The molecule has 1 nitrogen and oxygen atoms in total. The molecule has 0 unspecified atom stereocenters. The monoisotopic (exact) mass is 292 g/mol. The van der Waals surface area contributed by atoms with Gasteiger partial charge in [-0.2, -0.15) is 0 Å². The van der Waals surface area contributed by atoms with Gasteiger partial charge in [-0.25, -0.2) is 8.78 Å². The average molecular weight is 293 g/mol. The molecule has 0 heterocycles. The van der Waals surface area contributed by atoms with E-state index in [4.69, 9.17) is 4.74 Å². The highest BCUT2D eigenvalue weighted by molar-refractivity contribution is 9.10. The van der Waals surface area contributed by atoms with Crippen molar-refractivity contribution in [1.29, 1.82) is 0 Å². The van der Waals surface area contributed by atoms with E-state index < -0.39 is 13.0 Å². The van der Waals surface area contributed by atoms with Crippen molar-refractivity contribution in [1.82, 2.24) is 0 Å². The number of hydrogen-bond donors (Lipinski definition) is 0. The van der Waals surface area contributed by atoms with Crippen LogP contribution in [0.3, 0.4) is 0 Å². The van der Waals surface area contributed by atoms with E-state index in [-0.39, 0.29) is 5.41 Å². The number of hydrogen-bond acceptors (Lipinski definition) is 1. The minimum Gasteiger partial charge on any atom is -0.487 e. The molecule has 16 heavy (non-hydrogen) atoms. The van der Waals surface area contributed by atoms with E-state index in [0.717, 1.165) is 10.0 Å². The Hall–Kier alpha value is -0.640. The zero-order valence-electron chi connectivity index (χ0n) is 9.56. The molecule has 0 aliphatic rings. The summed E-state index contributed by atoms with van der Waals surface area (Å²) in [7, 11) is 0. The standard InChI is InChI=1S/C12H15BrF2O/c1-12(2,3)9-6-8(13)4-5-10(9)16-7-11(14)15/h4-6,11H,7H2,1-3H3. The lowest BCUT2D eigenvalue weighted by atomic mass is 9.86. The molecule has 0 amide bonds. The SMILES string of the molecule is CC(C)(C)c1cc(Br)ccc1OCC(F)F. The van der Waals surface area contributed by atoms with E-state index in [1.165, 1.54) is 0 Å². The van der Waals surface area contributed by atoms with Gasteiger partial charge in [0.1, 0.15) is 12.4 Å². The van der Waals surface area contributed by atoms with Crippen LogP contribution in [-0.2, 0) is 5.41 Å². The predicted octanol–water partition coefficient (Wildman–Crippen LogP) is 4.39. The maximum absolute atomic E-state index is 12.1. The highest BCUT2D eigenvalue weighted by Crippen LogP contribution is 2.33. The first-order valence-corrected chi connectivity index (χ1v) is 5.81. The summed E-state index contributed by atoms with van der Waals surface area (Å²) in [6.07, 6.45) is -2.45. The van der Waals surface area contributed by atoms with Crippen LogP contribution < -0.4 is 4.74 Å². The largest absolute Gasteiger partial charge is 0.487 e. The minimum atomic E-state index is -2.45. The Morgan fingerprint density at radius 2 is 1.94 bits per heavy atom. The number of alkyl halides is 2. The molecule has 4 heteroatoms. The van der Waals surface area contributed by atoms with Crippen LogP contribution in [0.2, 0.25) is 0 Å². The molecule has 0 aliphatic heterocycles. The van der Waals surface area contributed by atoms with Crippen LogP contribution in [0, 0.1) is 0 Å². The van der Waals surface area contributed by atoms with Gasteiger partial charge in [-0.15, -0.1) is 0 Å². The molecule has 0 aromatic heterocycles. The van der Waals surface area contributed by atoms with Crippen LogP contribution in [0.25, 0.3) is 0 Å². The van der Waals surface area contributed by atoms with Crippen LogP contribution in [0.4, 0.5) is 8.78 Å². The highest BCUT2D eigenvalue weighted by atomic mass is 79.9. The molecule has 1 aromatic rings. The Bertz CT molecular complexity index is 359. The van der Waals surface area contributed by atoms with Crippen molar-refractivity contribution in [2.45, 2.75) is 32.6 Å². The molecule has 0 spiro atoms. The summed E-state index contributed by atoms with van der Waals surface area (Å²) in [5.74, 6) is 0.524. The number of rotatable bonds is 3. The molecule has 1 rings (SSSR count). The summed E-state index contributed by atoms with van der Waals surface area (Å²) in [6.45, 7) is 5.49. The van der Waals surface area contributed by atoms with Crippen molar-refractivity contribution < 1.29 is 13.5 Å². The highest BCUT2D eigenvalue weighted by Gasteiger charge is 2.20. The lowest BCUT2D eigenvalue weighted by Crippen LogP contribution is -2.15. The third-order valence-electron chi connectivity index (χ3n) is 2.11. The molecule has 0 radical (unpaired) electrons. The molecular formula is C12H15BrF2O. The van der Waals surface area contributed by atoms with Crippen LogP contribution in [0.15, 0.2) is 22.7 Å². The molecule has 0 bridgehead atoms. The van der Waals surface area contributed by atoms with Gasteiger partial charge in [-0.3, -0.25) is 0 Å². The minimum absolute atomic E-state index is 0.138. The molecule has 90 valence electrons. The fraction of sp³-hybridized carbons (Fsp3) is 0.500. The van der Waals surface area contributed by atoms with Crippen molar-refractivity contribution in [3.63, 3.8) is 0 Å². The Morgan fingerprint density at radius 3 is 2.44 bits per heavy atom. The van der Waals surface area contributed by atoms with Gasteiger partial charge >= 0.3 is 0 Å². The van der Waals surface area contributed by atoms with E-state index in [9.17, 15) is 8.78 Å². The number of ether oxygens (including phenoxy) is 1. The van der Waals surface area contributed by atoms with Gasteiger partial charge in [-0.1, -0.05) is 36.7 Å². The molecule has 0 atom stereocenters. The van der Waals surface area contributed by atoms with Crippen molar-refractivity contribution in [3.8, 4) is 5.75 Å². The summed E-state index contributed by atoms with van der Waals surface area (Å²) in [5, 5.41) is 0. The third kappa shape index (κ3) is 3.74. The van der Waals surface area contributed by atoms with E-state index in [1.807, 2.05) is 26.8 Å². The van der Waals surface area contributed by atoms with Gasteiger partial charge in [-0.05, 0) is 23.6 Å². The van der Waals surface area contributed by atoms with Crippen molar-refractivity contribution in [2.24, 2.45) is 0 Å². The smallest absolute Gasteiger partial charge is 0.272 e. The molecule has 0 saturated heterocycles. The second-order valence-electron chi connectivity index (χ2n) is 4.59. The first-order valence-electron chi connectivity index (χ1n) is 5.01. The molecule has 0 fully saturated rings. The second kappa shape index (κ2) is 5.13. The van der Waals surface area contributed by atoms with E-state index >= 15 is 0 Å². The summed E-state index contributed by atoms with van der Waals surface area (Å²) in [4.78, 5) is 0. The quantitative estimate of drug-likeness (QED) is 0.803. The van der Waals surface area contributed by atoms with Crippen LogP contribution >= 0.6 is 15.9 Å². The van der Waals surface area contributed by atoms with Gasteiger partial charge in [0.25, 0.3) is 6.43 Å². The molecule has 0 N–H and O–H groups in total. The normalized spacial score (nSPS) is 11.9. The van der Waals surface area contributed by atoms with E-state index in [2.05, 4.69) is 15.9 Å². The van der Waals surface area contributed by atoms with Crippen molar-refractivity contribution in [2.75, 3.05) is 6.61 Å². The summed E-state index contributed by atoms with van der Waals surface area (Å²) in [6, 6.07) is 5.41. The van der Waals surface area contributed by atoms with Crippen LogP contribution in [0.1, 0.15) is 26.3 Å². The first-order chi connectivity index (χ1) is 7.30. The van der Waals surface area contributed by atoms with Gasteiger partial charge in [0, 0.05) is 10.0 Å². The van der Waals surface area contributed by atoms with Gasteiger partial charge in [0.05, 0.1) is 0 Å². The maximum atomic E-state index is 12.1. The van der Waals surface area contributed by atoms with Gasteiger partial charge in [0.2, 0.25) is 0 Å². The fourth-order valence-electron chi connectivity index (χ4n) is 1.37. The van der Waals surface area contributed by atoms with Crippen LogP contribution in [0.5, 0.6) is 5.75 Å². The molecule has 0 aliphatic carbocycles. The summed E-state index contributed by atoms with van der Waals surface area (Å²) >= 11 is 3.37. The van der Waals surface area contributed by atoms with Gasteiger partial charge < -0.3 is 4.74 Å². The zero-order valence-corrected chi connectivity index (χ0v) is 11.1. The zero-order chi connectivity index (χ0) is 12.3. The van der Waals surface area contributed by atoms with Crippen molar-refractivity contribution in [3.05, 3.63) is 28.2 Å². The van der Waals surface area contributed by atoms with E-state index in [0.29, 0.717) is 5.75 Å². The fourth-order valence-corrected chi connectivity index (χ4v) is 1.73. The Kier molecular flexibility index (Phi) is 4.30. The lowest BCUT2D eigenvalue weighted by Gasteiger charge is -2.23. The number of benzene rings is 1. The van der Waals surface area contributed by atoms with Crippen molar-refractivity contribution >= 4 is 15.9 Å². The molecular weight excluding hydrogens is 278 g/mol. The molecule has 1 aromatic carbocycles. The van der Waals surface area contributed by atoms with E-state index in [1.54, 1.807) is 12.1 Å². The molecule has 0 saturated carbocycles. The topological polar surface area (TPSA) is 9.23 Å². The maximum Gasteiger partial charge on any atom is 0.272 e. The Morgan fingerprint density at radius 1 is 1.31 bits per heavy atom. The van der Waals surface area contributed by atoms with Gasteiger partial charge in [0.15, 0.2) is 0 Å². The third-order valence-corrected chi connectivity index (χ3v) is 2.61. The Balaban J connectivity index is 2.99. The first kappa shape index (κ1) is 13.4. The average Bonchev–Trinajstić information content (AvgIpc) is 2.14. The predicted molar refractivity (Wildman–Crippen MR) is 64.3 cm³/mol. The second-order valence-corrected chi connectivity index (χ2v) is 5.51. The van der Waals surface area contributed by atoms with Crippen LogP contribution in [-0.4, -0.2) is 13.0 Å². The Labute approximate surface area is 103 Å². The lowest BCUT2D eigenvalue weighted by molar-refractivity contribution is 0.0809.